The van der Waals surface area contributed by atoms with Crippen molar-refractivity contribution in [3.8, 4) is 0 Å². The summed E-state index contributed by atoms with van der Waals surface area (Å²) in [5.74, 6) is -2.65. The summed E-state index contributed by atoms with van der Waals surface area (Å²) in [5, 5.41) is 9.96. The first-order valence-corrected chi connectivity index (χ1v) is 12.0. The second kappa shape index (κ2) is 10.0. The third-order valence-electron chi connectivity index (χ3n) is 6.16. The number of carbonyl (C=O) groups is 3. The highest BCUT2D eigenvalue weighted by molar-refractivity contribution is 8.01. The Labute approximate surface area is 187 Å². The average molecular weight is 449 g/mol. The van der Waals surface area contributed by atoms with Crippen molar-refractivity contribution in [1.29, 1.82) is 0 Å². The minimum atomic E-state index is -2.21. The van der Waals surface area contributed by atoms with Crippen molar-refractivity contribution in [2.24, 2.45) is 5.73 Å². The molecule has 31 heavy (non-hydrogen) atoms. The minimum absolute atomic E-state index is 0.113. The number of hydrogen-bond acceptors (Lipinski definition) is 6. The van der Waals surface area contributed by atoms with Crippen LogP contribution in [-0.4, -0.2) is 50.2 Å². The van der Waals surface area contributed by atoms with Gasteiger partial charge in [0, 0.05) is 6.42 Å². The lowest BCUT2D eigenvalue weighted by atomic mass is 9.83. The fourth-order valence-corrected chi connectivity index (χ4v) is 6.40. The van der Waals surface area contributed by atoms with Crippen molar-refractivity contribution >= 4 is 29.6 Å². The number of carboxylic acid groups (broad SMARTS) is 1. The van der Waals surface area contributed by atoms with Gasteiger partial charge in [0.2, 0.25) is 5.91 Å². The Balaban J connectivity index is 1.94. The molecular formula is C23H32N2O5S. The lowest BCUT2D eigenvalue weighted by molar-refractivity contribution is -0.179. The van der Waals surface area contributed by atoms with Crippen LogP contribution in [0.5, 0.6) is 0 Å². The number of benzene rings is 1. The van der Waals surface area contributed by atoms with Gasteiger partial charge in [0.1, 0.15) is 4.87 Å². The molecule has 0 bridgehead atoms. The van der Waals surface area contributed by atoms with Crippen LogP contribution in [0.1, 0.15) is 63.9 Å². The lowest BCUT2D eigenvalue weighted by Crippen LogP contribution is -2.72. The Morgan fingerprint density at radius 1 is 1.26 bits per heavy atom. The second-order valence-electron chi connectivity index (χ2n) is 8.32. The Morgan fingerprint density at radius 2 is 2.00 bits per heavy atom. The number of unbranched alkanes of at least 4 members (excludes halogenated alkanes) is 1. The number of aryl methyl sites for hydroxylation is 1. The minimum Gasteiger partial charge on any atom is -0.479 e. The number of amides is 1. The molecular weight excluding hydrogens is 416 g/mol. The van der Waals surface area contributed by atoms with Crippen LogP contribution < -0.4 is 5.73 Å². The third-order valence-corrected chi connectivity index (χ3v) is 7.80. The van der Waals surface area contributed by atoms with E-state index in [4.69, 9.17) is 10.5 Å². The Hall–Kier alpha value is -2.06. The molecule has 2 aliphatic rings. The number of fused-ring (bicyclic) bond motifs is 1. The monoisotopic (exact) mass is 448 g/mol. The van der Waals surface area contributed by atoms with Crippen molar-refractivity contribution < 1.29 is 24.2 Å². The van der Waals surface area contributed by atoms with E-state index in [-0.39, 0.29) is 25.4 Å². The molecule has 0 aliphatic carbocycles. The maximum absolute atomic E-state index is 13.4. The standard InChI is InChI=1S/C23H32N2O5S/c1-2-3-16-30-21(29)23(20(27)28)22(24,15-9-12-17-10-5-4-6-11-17)31-19-14-8-7-13-18(26)25(19)23/h4-6,10-11,19H,2-3,7-9,12-16,24H2,1H3,(H,27,28). The number of esters is 1. The van der Waals surface area contributed by atoms with Crippen LogP contribution in [0.4, 0.5) is 0 Å². The van der Waals surface area contributed by atoms with E-state index in [1.807, 2.05) is 37.3 Å². The van der Waals surface area contributed by atoms with Crippen LogP contribution >= 0.6 is 11.8 Å². The molecule has 7 nitrogen and oxygen atoms in total. The summed E-state index contributed by atoms with van der Waals surface area (Å²) >= 11 is 1.25. The summed E-state index contributed by atoms with van der Waals surface area (Å²) in [6.45, 7) is 2.07. The highest BCUT2D eigenvalue weighted by atomic mass is 32.2. The molecule has 3 unspecified atom stereocenters. The van der Waals surface area contributed by atoms with Crippen LogP contribution in [-0.2, 0) is 25.5 Å². The molecule has 2 aliphatic heterocycles. The van der Waals surface area contributed by atoms with Crippen molar-refractivity contribution in [3.63, 3.8) is 0 Å². The van der Waals surface area contributed by atoms with Crippen molar-refractivity contribution in [1.82, 2.24) is 4.90 Å². The maximum Gasteiger partial charge on any atom is 0.346 e. The number of aliphatic carboxylic acids is 1. The predicted octanol–water partition coefficient (Wildman–Crippen LogP) is 3.31. The van der Waals surface area contributed by atoms with E-state index in [2.05, 4.69) is 0 Å². The highest BCUT2D eigenvalue weighted by Gasteiger charge is 2.73. The second-order valence-corrected chi connectivity index (χ2v) is 9.82. The Bertz CT molecular complexity index is 804. The van der Waals surface area contributed by atoms with Gasteiger partial charge in [-0.15, -0.1) is 11.8 Å². The first kappa shape index (κ1) is 23.6. The molecule has 1 aromatic rings. The number of hydrogen-bond donors (Lipinski definition) is 2. The molecule has 2 fully saturated rings. The molecule has 3 rings (SSSR count). The van der Waals surface area contributed by atoms with Gasteiger partial charge in [-0.3, -0.25) is 4.79 Å². The molecule has 2 heterocycles. The van der Waals surface area contributed by atoms with Crippen molar-refractivity contribution in [2.45, 2.75) is 80.5 Å². The van der Waals surface area contributed by atoms with Gasteiger partial charge in [0.05, 0.1) is 12.0 Å². The molecule has 0 aromatic heterocycles. The highest BCUT2D eigenvalue weighted by Crippen LogP contribution is 2.54. The molecule has 2 saturated heterocycles. The van der Waals surface area contributed by atoms with Gasteiger partial charge in [0.25, 0.3) is 5.54 Å². The van der Waals surface area contributed by atoms with E-state index in [0.29, 0.717) is 32.1 Å². The smallest absolute Gasteiger partial charge is 0.346 e. The summed E-state index contributed by atoms with van der Waals surface area (Å²) in [5.41, 5.74) is 5.67. The normalized spacial score (nSPS) is 28.1. The van der Waals surface area contributed by atoms with Crippen LogP contribution in [0.15, 0.2) is 30.3 Å². The molecule has 0 spiro atoms. The summed E-state index contributed by atoms with van der Waals surface area (Å²) in [7, 11) is 0. The number of thioether (sulfide) groups is 1. The number of nitrogens with zero attached hydrogens (tertiary/aromatic N) is 1. The number of carboxylic acids is 1. The van der Waals surface area contributed by atoms with Crippen molar-refractivity contribution in [3.05, 3.63) is 35.9 Å². The van der Waals surface area contributed by atoms with Gasteiger partial charge in [-0.25, -0.2) is 9.59 Å². The fourth-order valence-electron chi connectivity index (χ4n) is 4.55. The van der Waals surface area contributed by atoms with E-state index >= 15 is 0 Å². The molecule has 3 atom stereocenters. The van der Waals surface area contributed by atoms with Crippen LogP contribution in [0.3, 0.4) is 0 Å². The third kappa shape index (κ3) is 4.46. The van der Waals surface area contributed by atoms with Crippen LogP contribution in [0, 0.1) is 0 Å². The molecule has 170 valence electrons. The zero-order valence-corrected chi connectivity index (χ0v) is 18.9. The first-order chi connectivity index (χ1) is 14.9. The number of ether oxygens (including phenoxy) is 1. The van der Waals surface area contributed by atoms with E-state index in [1.165, 1.54) is 16.7 Å². The van der Waals surface area contributed by atoms with E-state index in [1.54, 1.807) is 0 Å². The summed E-state index contributed by atoms with van der Waals surface area (Å²) in [4.78, 5) is 38.9. The average Bonchev–Trinajstić information content (AvgIpc) is 2.88. The molecule has 3 N–H and O–H groups in total. The predicted molar refractivity (Wildman–Crippen MR) is 119 cm³/mol. The largest absolute Gasteiger partial charge is 0.479 e. The quantitative estimate of drug-likeness (QED) is 0.339. The molecule has 1 aromatic carbocycles. The molecule has 0 saturated carbocycles. The van der Waals surface area contributed by atoms with Crippen LogP contribution in [0.2, 0.25) is 0 Å². The number of carbonyl (C=O) groups excluding carboxylic acids is 2. The van der Waals surface area contributed by atoms with Gasteiger partial charge >= 0.3 is 11.9 Å². The Kier molecular flexibility index (Phi) is 7.64. The van der Waals surface area contributed by atoms with Gasteiger partial charge in [0.15, 0.2) is 0 Å². The zero-order valence-electron chi connectivity index (χ0n) is 18.0. The molecule has 1 amide bonds. The maximum atomic E-state index is 13.4. The summed E-state index contributed by atoms with van der Waals surface area (Å²) in [6.07, 6.45) is 5.32. The molecule has 8 heteroatoms. The first-order valence-electron chi connectivity index (χ1n) is 11.1. The topological polar surface area (TPSA) is 110 Å². The van der Waals surface area contributed by atoms with Crippen LogP contribution in [0.25, 0.3) is 0 Å². The van der Waals surface area contributed by atoms with Crippen molar-refractivity contribution in [2.75, 3.05) is 6.61 Å². The van der Waals surface area contributed by atoms with Gasteiger partial charge in [-0.2, -0.15) is 0 Å². The fraction of sp³-hybridized carbons (Fsp3) is 0.609. The van der Waals surface area contributed by atoms with E-state index < -0.39 is 27.7 Å². The van der Waals surface area contributed by atoms with E-state index in [0.717, 1.165) is 18.4 Å². The van der Waals surface area contributed by atoms with E-state index in [9.17, 15) is 19.5 Å². The SMILES string of the molecule is CCCCOC(=O)C1(C(=O)O)N2C(=O)CCCCC2SC1(N)CCCc1ccccc1. The summed E-state index contributed by atoms with van der Waals surface area (Å²) < 4.78 is 5.42. The number of nitrogens with two attached hydrogens (primary N) is 1. The van der Waals surface area contributed by atoms with Gasteiger partial charge in [-0.1, -0.05) is 50.1 Å². The number of rotatable bonds is 9. The lowest BCUT2D eigenvalue weighted by Gasteiger charge is -2.41. The zero-order chi connectivity index (χ0) is 22.5. The Morgan fingerprint density at radius 3 is 2.68 bits per heavy atom. The summed E-state index contributed by atoms with van der Waals surface area (Å²) in [6, 6.07) is 9.85. The van der Waals surface area contributed by atoms with Gasteiger partial charge in [-0.05, 0) is 44.1 Å². The molecule has 0 radical (unpaired) electrons. The van der Waals surface area contributed by atoms with Gasteiger partial charge < -0.3 is 20.5 Å².